The Morgan fingerprint density at radius 1 is 1.67 bits per heavy atom. The van der Waals surface area contributed by atoms with Crippen molar-refractivity contribution in [2.45, 2.75) is 38.6 Å². The molecule has 0 aliphatic carbocycles. The van der Waals surface area contributed by atoms with Gasteiger partial charge in [0.05, 0.1) is 5.51 Å². The predicted molar refractivity (Wildman–Crippen MR) is 66.0 cm³/mol. The first-order valence-corrected chi connectivity index (χ1v) is 6.51. The Labute approximate surface area is 95.4 Å². The average Bonchev–Trinajstić information content (AvgIpc) is 2.71. The lowest BCUT2D eigenvalue weighted by Crippen LogP contribution is -2.33. The van der Waals surface area contributed by atoms with Crippen LogP contribution in [0.4, 0.5) is 0 Å². The van der Waals surface area contributed by atoms with Crippen molar-refractivity contribution in [3.8, 4) is 0 Å². The molecule has 1 N–H and O–H groups in total. The van der Waals surface area contributed by atoms with Gasteiger partial charge in [-0.25, -0.2) is 0 Å². The highest BCUT2D eigenvalue weighted by atomic mass is 32.1. The molecule has 0 spiro atoms. The first-order valence-electron chi connectivity index (χ1n) is 5.63. The molecule has 1 atom stereocenters. The van der Waals surface area contributed by atoms with E-state index in [2.05, 4.69) is 23.3 Å². The van der Waals surface area contributed by atoms with Gasteiger partial charge in [0.25, 0.3) is 0 Å². The Bertz CT molecular complexity index is 310. The Kier molecular flexibility index (Phi) is 3.92. The summed E-state index contributed by atoms with van der Waals surface area (Å²) in [5, 5.41) is 3.58. The van der Waals surface area contributed by atoms with Crippen LogP contribution >= 0.6 is 11.3 Å². The number of thiazole rings is 1. The van der Waals surface area contributed by atoms with Gasteiger partial charge in [-0.3, -0.25) is 4.98 Å². The summed E-state index contributed by atoms with van der Waals surface area (Å²) in [5.41, 5.74) is 3.34. The fourth-order valence-electron chi connectivity index (χ4n) is 2.09. The normalized spacial score (nSPS) is 23.0. The van der Waals surface area contributed by atoms with E-state index < -0.39 is 0 Å². The van der Waals surface area contributed by atoms with Gasteiger partial charge in [0.15, 0.2) is 0 Å². The summed E-state index contributed by atoms with van der Waals surface area (Å²) >= 11 is 1.71. The van der Waals surface area contributed by atoms with Crippen LogP contribution in [0.1, 0.15) is 37.5 Å². The molecule has 1 unspecified atom stereocenters. The van der Waals surface area contributed by atoms with Gasteiger partial charge < -0.3 is 5.32 Å². The molecule has 2 rings (SSSR count). The Hall–Kier alpha value is -0.670. The molecular formula is C12H18N2S. The summed E-state index contributed by atoms with van der Waals surface area (Å²) in [6.45, 7) is 3.41. The van der Waals surface area contributed by atoms with E-state index in [-0.39, 0.29) is 0 Å². The van der Waals surface area contributed by atoms with Gasteiger partial charge in [-0.2, -0.15) is 0 Å². The van der Waals surface area contributed by atoms with Crippen LogP contribution in [0.15, 0.2) is 17.3 Å². The molecule has 0 saturated carbocycles. The zero-order valence-electron chi connectivity index (χ0n) is 9.20. The zero-order chi connectivity index (χ0) is 10.5. The molecule has 1 fully saturated rings. The zero-order valence-corrected chi connectivity index (χ0v) is 10.0. The highest BCUT2D eigenvalue weighted by Gasteiger charge is 2.12. The minimum absolute atomic E-state index is 0.697. The quantitative estimate of drug-likeness (QED) is 0.850. The lowest BCUT2D eigenvalue weighted by Gasteiger charge is -2.23. The summed E-state index contributed by atoms with van der Waals surface area (Å²) in [6.07, 6.45) is 9.42. The van der Waals surface area contributed by atoms with E-state index in [0.717, 1.165) is 0 Å². The SMILES string of the molecule is CC(=Cc1cncs1)CC1CCCCN1. The second-order valence-corrected chi connectivity index (χ2v) is 5.16. The van der Waals surface area contributed by atoms with Crippen molar-refractivity contribution in [2.24, 2.45) is 0 Å². The first kappa shape index (κ1) is 10.8. The van der Waals surface area contributed by atoms with Crippen molar-refractivity contribution >= 4 is 17.4 Å². The summed E-state index contributed by atoms with van der Waals surface area (Å²) in [7, 11) is 0. The van der Waals surface area contributed by atoms with E-state index in [1.165, 1.54) is 42.7 Å². The van der Waals surface area contributed by atoms with Gasteiger partial charge in [-0.1, -0.05) is 12.0 Å². The van der Waals surface area contributed by atoms with Gasteiger partial charge >= 0.3 is 0 Å². The number of hydrogen-bond acceptors (Lipinski definition) is 3. The molecule has 3 heteroatoms. The molecule has 0 bridgehead atoms. The highest BCUT2D eigenvalue weighted by Crippen LogP contribution is 2.18. The minimum atomic E-state index is 0.697. The average molecular weight is 222 g/mol. The fraction of sp³-hybridized carbons (Fsp3) is 0.583. The third-order valence-corrected chi connectivity index (χ3v) is 3.54. The predicted octanol–water partition coefficient (Wildman–Crippen LogP) is 3.08. The molecule has 1 saturated heterocycles. The minimum Gasteiger partial charge on any atom is -0.314 e. The van der Waals surface area contributed by atoms with Crippen LogP contribution < -0.4 is 5.32 Å². The smallest absolute Gasteiger partial charge is 0.0797 e. The molecule has 1 aliphatic rings. The molecule has 15 heavy (non-hydrogen) atoms. The summed E-state index contributed by atoms with van der Waals surface area (Å²) in [5.74, 6) is 0. The number of piperidine rings is 1. The standard InChI is InChI=1S/C12H18N2S/c1-10(7-12-8-13-9-15-12)6-11-4-2-3-5-14-11/h7-9,11,14H,2-6H2,1H3. The molecule has 2 nitrogen and oxygen atoms in total. The van der Waals surface area contributed by atoms with Gasteiger partial charge in [-0.05, 0) is 38.8 Å². The Morgan fingerprint density at radius 2 is 2.60 bits per heavy atom. The van der Waals surface area contributed by atoms with Crippen molar-refractivity contribution in [3.05, 3.63) is 22.2 Å². The Morgan fingerprint density at radius 3 is 3.27 bits per heavy atom. The number of rotatable bonds is 3. The van der Waals surface area contributed by atoms with Gasteiger partial charge in [0.2, 0.25) is 0 Å². The fourth-order valence-corrected chi connectivity index (χ4v) is 2.72. The molecule has 0 radical (unpaired) electrons. The Balaban J connectivity index is 1.88. The molecular weight excluding hydrogens is 204 g/mol. The highest BCUT2D eigenvalue weighted by molar-refractivity contribution is 7.10. The van der Waals surface area contributed by atoms with Crippen LogP contribution in [-0.4, -0.2) is 17.6 Å². The number of nitrogens with one attached hydrogen (secondary N) is 1. The monoisotopic (exact) mass is 222 g/mol. The summed E-state index contributed by atoms with van der Waals surface area (Å²) < 4.78 is 0. The molecule has 0 amide bonds. The van der Waals surface area contributed by atoms with Gasteiger partial charge in [0.1, 0.15) is 0 Å². The third kappa shape index (κ3) is 3.43. The van der Waals surface area contributed by atoms with Crippen molar-refractivity contribution < 1.29 is 0 Å². The number of nitrogens with zero attached hydrogens (tertiary/aromatic N) is 1. The van der Waals surface area contributed by atoms with Crippen LogP contribution in [-0.2, 0) is 0 Å². The maximum absolute atomic E-state index is 4.08. The van der Waals surface area contributed by atoms with Gasteiger partial charge in [-0.15, -0.1) is 11.3 Å². The topological polar surface area (TPSA) is 24.9 Å². The maximum atomic E-state index is 4.08. The van der Waals surface area contributed by atoms with Crippen LogP contribution in [0.25, 0.3) is 6.08 Å². The first-order chi connectivity index (χ1) is 7.34. The van der Waals surface area contributed by atoms with E-state index in [0.29, 0.717) is 6.04 Å². The maximum Gasteiger partial charge on any atom is 0.0797 e. The lowest BCUT2D eigenvalue weighted by atomic mass is 9.98. The van der Waals surface area contributed by atoms with Crippen LogP contribution in [0.3, 0.4) is 0 Å². The van der Waals surface area contributed by atoms with E-state index in [1.807, 2.05) is 11.7 Å². The molecule has 82 valence electrons. The molecule has 1 aliphatic heterocycles. The second kappa shape index (κ2) is 5.42. The van der Waals surface area contributed by atoms with Crippen LogP contribution in [0.5, 0.6) is 0 Å². The van der Waals surface area contributed by atoms with Crippen LogP contribution in [0, 0.1) is 0 Å². The second-order valence-electron chi connectivity index (χ2n) is 4.25. The van der Waals surface area contributed by atoms with E-state index >= 15 is 0 Å². The van der Waals surface area contributed by atoms with E-state index in [4.69, 9.17) is 0 Å². The van der Waals surface area contributed by atoms with Crippen LogP contribution in [0.2, 0.25) is 0 Å². The summed E-state index contributed by atoms with van der Waals surface area (Å²) in [4.78, 5) is 5.35. The van der Waals surface area contributed by atoms with Gasteiger partial charge in [0, 0.05) is 17.1 Å². The van der Waals surface area contributed by atoms with Crippen molar-refractivity contribution in [3.63, 3.8) is 0 Å². The van der Waals surface area contributed by atoms with E-state index in [1.54, 1.807) is 11.3 Å². The molecule has 1 aromatic heterocycles. The largest absolute Gasteiger partial charge is 0.314 e. The molecule has 1 aromatic rings. The third-order valence-electron chi connectivity index (χ3n) is 2.82. The van der Waals surface area contributed by atoms with Crippen molar-refractivity contribution in [1.29, 1.82) is 0 Å². The van der Waals surface area contributed by atoms with Crippen molar-refractivity contribution in [2.75, 3.05) is 6.54 Å². The lowest BCUT2D eigenvalue weighted by molar-refractivity contribution is 0.399. The summed E-state index contributed by atoms with van der Waals surface area (Å²) in [6, 6.07) is 0.697. The molecule has 0 aromatic carbocycles. The van der Waals surface area contributed by atoms with Crippen molar-refractivity contribution in [1.82, 2.24) is 10.3 Å². The van der Waals surface area contributed by atoms with E-state index in [9.17, 15) is 0 Å². The molecule has 2 heterocycles. The number of aromatic nitrogens is 1. The number of hydrogen-bond donors (Lipinski definition) is 1.